The molecule has 5 nitrogen and oxygen atoms in total. The topological polar surface area (TPSA) is 80.7 Å². The summed E-state index contributed by atoms with van der Waals surface area (Å²) in [6, 6.07) is 23.8. The molecule has 172 valence electrons. The third-order valence-corrected chi connectivity index (χ3v) is 5.85. The molecule has 0 spiro atoms. The van der Waals surface area contributed by atoms with Gasteiger partial charge < -0.3 is 9.84 Å². The molecule has 4 rings (SSSR count). The molecule has 1 N–H and O–H groups in total. The van der Waals surface area contributed by atoms with E-state index in [9.17, 15) is 19.5 Å². The van der Waals surface area contributed by atoms with E-state index in [1.807, 2.05) is 42.5 Å². The second kappa shape index (κ2) is 9.10. The van der Waals surface area contributed by atoms with Crippen molar-refractivity contribution < 1.29 is 24.2 Å². The summed E-state index contributed by atoms with van der Waals surface area (Å²) in [5.41, 5.74) is 3.49. The molecule has 0 radical (unpaired) electrons. The van der Waals surface area contributed by atoms with Crippen LogP contribution in [0.2, 0.25) is 0 Å². The Kier molecular flexibility index (Phi) is 6.20. The third-order valence-electron chi connectivity index (χ3n) is 5.85. The normalized spacial score (nSPS) is 14.6. The number of ketones is 2. The highest BCUT2D eigenvalue weighted by molar-refractivity contribution is 6.53. The zero-order valence-corrected chi connectivity index (χ0v) is 19.4. The first-order valence-corrected chi connectivity index (χ1v) is 11.1. The molecule has 0 aliphatic heterocycles. The van der Waals surface area contributed by atoms with Crippen molar-refractivity contribution in [2.24, 2.45) is 5.41 Å². The van der Waals surface area contributed by atoms with Gasteiger partial charge in [0.1, 0.15) is 5.75 Å². The van der Waals surface area contributed by atoms with Gasteiger partial charge >= 0.3 is 5.97 Å². The number of hydrogen-bond donors (Lipinski definition) is 1. The summed E-state index contributed by atoms with van der Waals surface area (Å²) in [4.78, 5) is 37.7. The number of aliphatic carboxylic acids is 1. The van der Waals surface area contributed by atoms with Crippen LogP contribution in [0.1, 0.15) is 47.8 Å². The van der Waals surface area contributed by atoms with E-state index < -0.39 is 29.1 Å². The average Bonchev–Trinajstić information content (AvgIpc) is 2.81. The first-order valence-electron chi connectivity index (χ1n) is 11.1. The number of carbonyl (C=O) groups excluding carboxylic acids is 2. The van der Waals surface area contributed by atoms with Crippen LogP contribution in [0.25, 0.3) is 5.57 Å². The van der Waals surface area contributed by atoms with Crippen molar-refractivity contribution in [1.82, 2.24) is 0 Å². The fraction of sp³-hybridized carbons (Fsp3) is 0.207. The Balaban J connectivity index is 1.71. The van der Waals surface area contributed by atoms with Gasteiger partial charge in [0.05, 0.1) is 0 Å². The zero-order chi connectivity index (χ0) is 24.5. The maximum absolute atomic E-state index is 13.2. The van der Waals surface area contributed by atoms with Gasteiger partial charge in [-0.3, -0.25) is 9.59 Å². The molecule has 0 aromatic heterocycles. The summed E-state index contributed by atoms with van der Waals surface area (Å²) in [6.45, 7) is 5.42. The van der Waals surface area contributed by atoms with Gasteiger partial charge in [-0.15, -0.1) is 0 Å². The summed E-state index contributed by atoms with van der Waals surface area (Å²) in [6.07, 6.45) is -0.731. The lowest BCUT2D eigenvalue weighted by molar-refractivity contribution is -0.150. The van der Waals surface area contributed by atoms with Crippen LogP contribution in [0.5, 0.6) is 5.75 Å². The summed E-state index contributed by atoms with van der Waals surface area (Å²) in [5.74, 6) is -1.60. The Hall–Kier alpha value is -3.99. The summed E-state index contributed by atoms with van der Waals surface area (Å²) in [7, 11) is 0. The van der Waals surface area contributed by atoms with E-state index in [-0.39, 0.29) is 6.42 Å². The van der Waals surface area contributed by atoms with E-state index in [4.69, 9.17) is 4.74 Å². The van der Waals surface area contributed by atoms with E-state index >= 15 is 0 Å². The molecule has 0 amide bonds. The van der Waals surface area contributed by atoms with E-state index in [0.717, 1.165) is 22.3 Å². The Labute approximate surface area is 198 Å². The molecule has 3 aromatic rings. The molecule has 5 heteroatoms. The van der Waals surface area contributed by atoms with Crippen molar-refractivity contribution in [2.45, 2.75) is 33.3 Å². The summed E-state index contributed by atoms with van der Waals surface area (Å²) >= 11 is 0. The van der Waals surface area contributed by atoms with Crippen molar-refractivity contribution >= 4 is 23.1 Å². The monoisotopic (exact) mass is 454 g/mol. The molecular formula is C29H26O5. The minimum absolute atomic E-state index is 0.269. The quantitative estimate of drug-likeness (QED) is 0.506. The highest BCUT2D eigenvalue weighted by Crippen LogP contribution is 2.36. The van der Waals surface area contributed by atoms with Crippen LogP contribution in [0.3, 0.4) is 0 Å². The van der Waals surface area contributed by atoms with Crippen molar-refractivity contribution in [2.75, 3.05) is 0 Å². The van der Waals surface area contributed by atoms with Gasteiger partial charge in [0.15, 0.2) is 6.10 Å². The molecule has 0 saturated carbocycles. The highest BCUT2D eigenvalue weighted by Gasteiger charge is 2.34. The Morgan fingerprint density at radius 3 is 2.00 bits per heavy atom. The number of carbonyl (C=O) groups is 3. The van der Waals surface area contributed by atoms with Crippen molar-refractivity contribution in [3.63, 3.8) is 0 Å². The van der Waals surface area contributed by atoms with Crippen LogP contribution in [0.4, 0.5) is 0 Å². The number of fused-ring (bicyclic) bond motifs is 1. The smallest absolute Gasteiger partial charge is 0.345 e. The Morgan fingerprint density at radius 1 is 0.824 bits per heavy atom. The highest BCUT2D eigenvalue weighted by atomic mass is 16.5. The van der Waals surface area contributed by atoms with Gasteiger partial charge in [-0.2, -0.15) is 0 Å². The average molecular weight is 455 g/mol. The Bertz CT molecular complexity index is 1280. The molecule has 1 unspecified atom stereocenters. The molecule has 1 aliphatic rings. The lowest BCUT2D eigenvalue weighted by Gasteiger charge is -2.27. The van der Waals surface area contributed by atoms with Crippen LogP contribution >= 0.6 is 0 Å². The molecule has 3 aromatic carbocycles. The number of hydrogen-bond acceptors (Lipinski definition) is 4. The van der Waals surface area contributed by atoms with Gasteiger partial charge in [-0.05, 0) is 34.4 Å². The fourth-order valence-corrected chi connectivity index (χ4v) is 4.16. The first-order chi connectivity index (χ1) is 16.2. The fourth-order valence-electron chi connectivity index (χ4n) is 4.16. The maximum Gasteiger partial charge on any atom is 0.345 e. The number of Topliss-reactive ketones (excluding diaryl/α,β-unsaturated/α-hetero) is 2. The van der Waals surface area contributed by atoms with Gasteiger partial charge in [-0.1, -0.05) is 87.5 Å². The van der Waals surface area contributed by atoms with Crippen molar-refractivity contribution in [1.29, 1.82) is 0 Å². The second-order valence-electron chi connectivity index (χ2n) is 9.45. The maximum atomic E-state index is 13.2. The standard InChI is InChI=1S/C29H26O5/c1-29(2,3)27(28(32)33)34-20-15-13-18(14-16-20)17-23-24(19-9-5-4-6-10-19)21-11-7-8-12-22(21)25(30)26(23)31/h4-16,27H,17H2,1-3H3,(H,32,33). The second-order valence-corrected chi connectivity index (χ2v) is 9.45. The number of carboxylic acid groups (broad SMARTS) is 1. The molecular weight excluding hydrogens is 428 g/mol. The first kappa shape index (κ1) is 23.2. The number of allylic oxidation sites excluding steroid dienone is 1. The van der Waals surface area contributed by atoms with Gasteiger partial charge in [0, 0.05) is 23.0 Å². The van der Waals surface area contributed by atoms with Crippen molar-refractivity contribution in [3.05, 3.63) is 107 Å². The zero-order valence-electron chi connectivity index (χ0n) is 19.4. The third kappa shape index (κ3) is 4.55. The van der Waals surface area contributed by atoms with Crippen LogP contribution in [0, 0.1) is 5.41 Å². The van der Waals surface area contributed by atoms with Gasteiger partial charge in [-0.25, -0.2) is 4.79 Å². The lowest BCUT2D eigenvalue weighted by atomic mass is 9.79. The molecule has 1 atom stereocenters. The molecule has 1 aliphatic carbocycles. The minimum atomic E-state index is -1.03. The number of carboxylic acids is 1. The molecule has 0 bridgehead atoms. The van der Waals surface area contributed by atoms with Crippen LogP contribution in [0.15, 0.2) is 84.4 Å². The predicted octanol–water partition coefficient (Wildman–Crippen LogP) is 5.37. The van der Waals surface area contributed by atoms with Gasteiger partial charge in [0.2, 0.25) is 11.6 Å². The molecule has 0 fully saturated rings. The van der Waals surface area contributed by atoms with E-state index in [2.05, 4.69) is 0 Å². The largest absolute Gasteiger partial charge is 0.478 e. The van der Waals surface area contributed by atoms with E-state index in [1.165, 1.54) is 0 Å². The molecule has 0 saturated heterocycles. The molecule has 34 heavy (non-hydrogen) atoms. The summed E-state index contributed by atoms with van der Waals surface area (Å²) in [5, 5.41) is 9.51. The number of ether oxygens (including phenoxy) is 1. The number of rotatable bonds is 6. The Morgan fingerprint density at radius 2 is 1.41 bits per heavy atom. The van der Waals surface area contributed by atoms with E-state index in [0.29, 0.717) is 16.9 Å². The van der Waals surface area contributed by atoms with Crippen LogP contribution < -0.4 is 4.74 Å². The minimum Gasteiger partial charge on any atom is -0.478 e. The lowest BCUT2D eigenvalue weighted by Crippen LogP contribution is -2.39. The SMILES string of the molecule is CC(C)(C)C(Oc1ccc(CC2=C(c3ccccc3)c3ccccc3C(=O)C2=O)cc1)C(=O)O. The van der Waals surface area contributed by atoms with Crippen LogP contribution in [-0.4, -0.2) is 28.7 Å². The predicted molar refractivity (Wildman–Crippen MR) is 130 cm³/mol. The summed E-state index contributed by atoms with van der Waals surface area (Å²) < 4.78 is 5.73. The van der Waals surface area contributed by atoms with Crippen molar-refractivity contribution in [3.8, 4) is 5.75 Å². The molecule has 0 heterocycles. The number of benzene rings is 3. The van der Waals surface area contributed by atoms with Crippen LogP contribution in [-0.2, 0) is 16.0 Å². The van der Waals surface area contributed by atoms with E-state index in [1.54, 1.807) is 57.2 Å². The van der Waals surface area contributed by atoms with Gasteiger partial charge in [0.25, 0.3) is 0 Å².